The van der Waals surface area contributed by atoms with Crippen LogP contribution in [0.3, 0.4) is 0 Å². The van der Waals surface area contributed by atoms with E-state index in [9.17, 15) is 0 Å². The van der Waals surface area contributed by atoms with Crippen LogP contribution >= 0.6 is 0 Å². The molecule has 31 heavy (non-hydrogen) atoms. The number of hydrogen-bond donors (Lipinski definition) is 1. The number of anilines is 2. The zero-order valence-corrected chi connectivity index (χ0v) is 18.2. The molecule has 5 rings (SSSR count). The molecule has 0 spiro atoms. The van der Waals surface area contributed by atoms with Crippen LogP contribution in [-0.2, 0) is 7.05 Å². The zero-order valence-electron chi connectivity index (χ0n) is 18.2. The maximum atomic E-state index is 6.13. The standard InChI is InChI=1S/C22H26N8O/c1-14-9-20(26-25-15(14)2)24-21-11-18-10-16(5-8-30(18)27-21)22-19(12-23-29(22)4)31-13-17-6-7-28(17)3/h5,8-12,17H,6-7,13H2,1-4H3,(H,24,26,27). The Bertz CT molecular complexity index is 1240. The highest BCUT2D eigenvalue weighted by Gasteiger charge is 2.25. The number of pyridine rings is 1. The molecule has 1 N–H and O–H groups in total. The Labute approximate surface area is 180 Å². The highest BCUT2D eigenvalue weighted by Crippen LogP contribution is 2.31. The van der Waals surface area contributed by atoms with Gasteiger partial charge in [0.1, 0.15) is 12.3 Å². The number of aryl methyl sites for hydroxylation is 3. The molecular formula is C22H26N8O. The monoisotopic (exact) mass is 418 g/mol. The van der Waals surface area contributed by atoms with Crippen molar-refractivity contribution < 1.29 is 4.74 Å². The molecule has 0 radical (unpaired) electrons. The molecule has 1 aliphatic heterocycles. The van der Waals surface area contributed by atoms with Gasteiger partial charge in [-0.25, -0.2) is 4.52 Å². The molecular weight excluding hydrogens is 392 g/mol. The van der Waals surface area contributed by atoms with Gasteiger partial charge < -0.3 is 10.1 Å². The van der Waals surface area contributed by atoms with E-state index in [4.69, 9.17) is 4.74 Å². The third kappa shape index (κ3) is 3.72. The molecule has 1 saturated heterocycles. The first-order valence-corrected chi connectivity index (χ1v) is 10.4. The average Bonchev–Trinajstić information content (AvgIpc) is 3.31. The summed E-state index contributed by atoms with van der Waals surface area (Å²) in [7, 11) is 4.06. The molecule has 9 heteroatoms. The van der Waals surface area contributed by atoms with Gasteiger partial charge in [-0.1, -0.05) is 0 Å². The first kappa shape index (κ1) is 19.5. The number of nitrogens with zero attached hydrogens (tertiary/aromatic N) is 7. The smallest absolute Gasteiger partial charge is 0.165 e. The van der Waals surface area contributed by atoms with Gasteiger partial charge in [0.15, 0.2) is 17.4 Å². The van der Waals surface area contributed by atoms with Crippen molar-refractivity contribution in [2.75, 3.05) is 25.5 Å². The first-order valence-electron chi connectivity index (χ1n) is 10.4. The minimum Gasteiger partial charge on any atom is -0.488 e. The SMILES string of the molecule is Cc1cc(Nc2cc3cc(-c4c(OCC5CCN5C)cnn4C)ccn3n2)nnc1C. The maximum absolute atomic E-state index is 6.13. The van der Waals surface area contributed by atoms with Crippen LogP contribution in [0.2, 0.25) is 0 Å². The van der Waals surface area contributed by atoms with Gasteiger partial charge in [-0.3, -0.25) is 9.58 Å². The van der Waals surface area contributed by atoms with Gasteiger partial charge in [-0.05, 0) is 57.6 Å². The van der Waals surface area contributed by atoms with Crippen LogP contribution in [0.25, 0.3) is 16.8 Å². The van der Waals surface area contributed by atoms with Crippen molar-refractivity contribution in [1.29, 1.82) is 0 Å². The highest BCUT2D eigenvalue weighted by atomic mass is 16.5. The largest absolute Gasteiger partial charge is 0.488 e. The van der Waals surface area contributed by atoms with E-state index in [0.717, 1.165) is 40.3 Å². The summed E-state index contributed by atoms with van der Waals surface area (Å²) in [5.74, 6) is 2.19. The molecule has 0 aromatic carbocycles. The Morgan fingerprint density at radius 1 is 1.13 bits per heavy atom. The molecule has 0 amide bonds. The minimum absolute atomic E-state index is 0.479. The second kappa shape index (κ2) is 7.66. The van der Waals surface area contributed by atoms with Gasteiger partial charge in [0.05, 0.1) is 17.4 Å². The lowest BCUT2D eigenvalue weighted by molar-refractivity contribution is 0.0771. The zero-order chi connectivity index (χ0) is 21.5. The number of likely N-dealkylation sites (N-methyl/N-ethyl adjacent to an activating group) is 1. The number of likely N-dealkylation sites (tertiary alicyclic amines) is 1. The van der Waals surface area contributed by atoms with Crippen molar-refractivity contribution in [1.82, 2.24) is 34.5 Å². The predicted octanol–water partition coefficient (Wildman–Crippen LogP) is 2.97. The second-order valence-corrected chi connectivity index (χ2v) is 8.15. The van der Waals surface area contributed by atoms with Crippen LogP contribution < -0.4 is 10.1 Å². The summed E-state index contributed by atoms with van der Waals surface area (Å²) in [6.07, 6.45) is 4.91. The second-order valence-electron chi connectivity index (χ2n) is 8.15. The molecule has 5 heterocycles. The fraction of sp³-hybridized carbons (Fsp3) is 0.364. The first-order chi connectivity index (χ1) is 15.0. The fourth-order valence-corrected chi connectivity index (χ4v) is 3.76. The summed E-state index contributed by atoms with van der Waals surface area (Å²) in [6.45, 7) is 5.77. The van der Waals surface area contributed by atoms with Gasteiger partial charge in [0.25, 0.3) is 0 Å². The van der Waals surface area contributed by atoms with E-state index in [-0.39, 0.29) is 0 Å². The Morgan fingerprint density at radius 3 is 2.74 bits per heavy atom. The fourth-order valence-electron chi connectivity index (χ4n) is 3.76. The molecule has 160 valence electrons. The van der Waals surface area contributed by atoms with E-state index in [1.54, 1.807) is 6.20 Å². The molecule has 9 nitrogen and oxygen atoms in total. The minimum atomic E-state index is 0.479. The van der Waals surface area contributed by atoms with Gasteiger partial charge in [-0.15, -0.1) is 5.10 Å². The predicted molar refractivity (Wildman–Crippen MR) is 119 cm³/mol. The van der Waals surface area contributed by atoms with Crippen molar-refractivity contribution in [3.05, 3.63) is 47.9 Å². The van der Waals surface area contributed by atoms with E-state index < -0.39 is 0 Å². The lowest BCUT2D eigenvalue weighted by Gasteiger charge is -2.37. The van der Waals surface area contributed by atoms with E-state index in [2.05, 4.69) is 43.7 Å². The van der Waals surface area contributed by atoms with Crippen molar-refractivity contribution in [2.24, 2.45) is 7.05 Å². The van der Waals surface area contributed by atoms with E-state index in [0.29, 0.717) is 24.3 Å². The Balaban J connectivity index is 1.40. The van der Waals surface area contributed by atoms with Crippen molar-refractivity contribution in [2.45, 2.75) is 26.3 Å². The van der Waals surface area contributed by atoms with E-state index in [1.807, 2.05) is 54.5 Å². The Hall–Kier alpha value is -3.46. The molecule has 1 atom stereocenters. The number of ether oxygens (including phenoxy) is 1. The third-order valence-corrected chi connectivity index (χ3v) is 6.00. The van der Waals surface area contributed by atoms with Crippen LogP contribution in [0.15, 0.2) is 36.7 Å². The summed E-state index contributed by atoms with van der Waals surface area (Å²) >= 11 is 0. The summed E-state index contributed by atoms with van der Waals surface area (Å²) in [4.78, 5) is 2.31. The summed E-state index contributed by atoms with van der Waals surface area (Å²) in [5.41, 5.74) is 4.95. The van der Waals surface area contributed by atoms with Crippen molar-refractivity contribution in [3.8, 4) is 17.0 Å². The van der Waals surface area contributed by atoms with Gasteiger partial charge >= 0.3 is 0 Å². The molecule has 0 saturated carbocycles. The van der Waals surface area contributed by atoms with E-state index in [1.165, 1.54) is 6.42 Å². The quantitative estimate of drug-likeness (QED) is 0.515. The van der Waals surface area contributed by atoms with Crippen LogP contribution in [-0.4, -0.2) is 60.7 Å². The molecule has 4 aromatic rings. The summed E-state index contributed by atoms with van der Waals surface area (Å²) in [6, 6.07) is 8.55. The Kier molecular flexibility index (Phi) is 4.82. The maximum Gasteiger partial charge on any atom is 0.165 e. The average molecular weight is 419 g/mol. The number of aromatic nitrogens is 6. The molecule has 1 fully saturated rings. The summed E-state index contributed by atoms with van der Waals surface area (Å²) < 4.78 is 9.82. The van der Waals surface area contributed by atoms with Gasteiger partial charge in [0.2, 0.25) is 0 Å². The summed E-state index contributed by atoms with van der Waals surface area (Å²) in [5, 5.41) is 20.6. The van der Waals surface area contributed by atoms with Crippen molar-refractivity contribution >= 4 is 17.2 Å². The van der Waals surface area contributed by atoms with Crippen LogP contribution in [0, 0.1) is 13.8 Å². The van der Waals surface area contributed by atoms with Crippen LogP contribution in [0.1, 0.15) is 17.7 Å². The number of hydrogen-bond acceptors (Lipinski definition) is 7. The molecule has 0 aliphatic carbocycles. The number of nitrogens with one attached hydrogen (secondary N) is 1. The normalized spacial score (nSPS) is 16.5. The third-order valence-electron chi connectivity index (χ3n) is 6.00. The molecule has 0 bridgehead atoms. The highest BCUT2D eigenvalue weighted by molar-refractivity contribution is 5.72. The van der Waals surface area contributed by atoms with Gasteiger partial charge in [0, 0.05) is 30.9 Å². The lowest BCUT2D eigenvalue weighted by Crippen LogP contribution is -2.48. The van der Waals surface area contributed by atoms with E-state index >= 15 is 0 Å². The van der Waals surface area contributed by atoms with Crippen LogP contribution in [0.4, 0.5) is 11.6 Å². The molecule has 1 unspecified atom stereocenters. The number of fused-ring (bicyclic) bond motifs is 1. The Morgan fingerprint density at radius 2 is 2.00 bits per heavy atom. The molecule has 4 aromatic heterocycles. The van der Waals surface area contributed by atoms with Crippen LogP contribution in [0.5, 0.6) is 5.75 Å². The lowest BCUT2D eigenvalue weighted by atomic mass is 10.1. The van der Waals surface area contributed by atoms with Gasteiger partial charge in [-0.2, -0.15) is 15.3 Å². The van der Waals surface area contributed by atoms with Crippen molar-refractivity contribution in [3.63, 3.8) is 0 Å². The topological polar surface area (TPSA) is 85.4 Å². The number of rotatable bonds is 6. The molecule has 1 aliphatic rings.